The summed E-state index contributed by atoms with van der Waals surface area (Å²) in [6.45, 7) is 3.81. The number of carbonyl (C=O) groups excluding carboxylic acids is 1. The molecule has 0 radical (unpaired) electrons. The Kier molecular flexibility index (Phi) is 5.90. The second-order valence-corrected chi connectivity index (χ2v) is 7.50. The molecule has 0 N–H and O–H groups in total. The summed E-state index contributed by atoms with van der Waals surface area (Å²) in [6.07, 6.45) is -1.15. The van der Waals surface area contributed by atoms with E-state index in [2.05, 4.69) is 14.9 Å². The third-order valence-corrected chi connectivity index (χ3v) is 5.49. The number of fused-ring (bicyclic) bond motifs is 1. The Labute approximate surface area is 172 Å². The number of anilines is 1. The van der Waals surface area contributed by atoms with E-state index in [0.29, 0.717) is 50.7 Å². The first-order chi connectivity index (χ1) is 14.4. The predicted molar refractivity (Wildman–Crippen MR) is 104 cm³/mol. The van der Waals surface area contributed by atoms with E-state index in [1.807, 2.05) is 6.20 Å². The molecule has 2 aliphatic rings. The highest BCUT2D eigenvalue weighted by molar-refractivity contribution is 5.76. The van der Waals surface area contributed by atoms with Gasteiger partial charge in [0.2, 0.25) is 11.9 Å². The molecule has 160 valence electrons. The first-order valence-corrected chi connectivity index (χ1v) is 10.0. The predicted octanol–water partition coefficient (Wildman–Crippen LogP) is 2.85. The maximum absolute atomic E-state index is 12.7. The number of rotatable bonds is 4. The number of aromatic nitrogens is 2. The zero-order valence-corrected chi connectivity index (χ0v) is 16.5. The number of halogens is 3. The van der Waals surface area contributed by atoms with Crippen molar-refractivity contribution in [2.24, 2.45) is 0 Å². The van der Waals surface area contributed by atoms with Crippen LogP contribution in [0.3, 0.4) is 0 Å². The molecule has 1 amide bonds. The van der Waals surface area contributed by atoms with Crippen LogP contribution in [0.1, 0.15) is 28.8 Å². The van der Waals surface area contributed by atoms with Crippen LogP contribution in [0.25, 0.3) is 0 Å². The minimum atomic E-state index is -4.35. The van der Waals surface area contributed by atoms with E-state index < -0.39 is 11.7 Å². The highest BCUT2D eigenvalue weighted by Crippen LogP contribution is 2.29. The number of aryl methyl sites for hydroxylation is 1. The van der Waals surface area contributed by atoms with Gasteiger partial charge in [0.15, 0.2) is 0 Å². The van der Waals surface area contributed by atoms with Crippen LogP contribution >= 0.6 is 0 Å². The fourth-order valence-electron chi connectivity index (χ4n) is 3.69. The third kappa shape index (κ3) is 4.72. The normalized spacial score (nSPS) is 17.0. The maximum Gasteiger partial charge on any atom is 0.416 e. The van der Waals surface area contributed by atoms with Gasteiger partial charge in [-0.05, 0) is 36.1 Å². The van der Waals surface area contributed by atoms with Crippen molar-refractivity contribution in [2.75, 3.05) is 37.7 Å². The molecule has 0 unspecified atom stereocenters. The Morgan fingerprint density at radius 3 is 2.53 bits per heavy atom. The molecular formula is C21H23F3N4O2. The number of ether oxygens (including phenoxy) is 1. The summed E-state index contributed by atoms with van der Waals surface area (Å²) in [6, 6.07) is 4.98. The van der Waals surface area contributed by atoms with E-state index in [0.717, 1.165) is 36.5 Å². The van der Waals surface area contributed by atoms with Crippen LogP contribution in [-0.2, 0) is 35.1 Å². The number of hydrogen-bond acceptors (Lipinski definition) is 5. The summed E-state index contributed by atoms with van der Waals surface area (Å²) in [5, 5.41) is 0. The standard InChI is InChI=1S/C21H23F3N4O2/c22-21(23,24)17-4-1-15(2-5-17)3-6-19(29)28-8-7-16-13-25-20(26-18(16)14-28)27-9-11-30-12-10-27/h1-2,4-5,13H,3,6-12,14H2. The SMILES string of the molecule is O=C(CCc1ccc(C(F)(F)F)cc1)N1CCc2cnc(N3CCOCC3)nc2C1. The Hall–Kier alpha value is -2.68. The van der Waals surface area contributed by atoms with Gasteiger partial charge in [-0.1, -0.05) is 12.1 Å². The lowest BCUT2D eigenvalue weighted by atomic mass is 10.0. The lowest BCUT2D eigenvalue weighted by Gasteiger charge is -2.30. The van der Waals surface area contributed by atoms with E-state index in [1.54, 1.807) is 4.90 Å². The number of nitrogens with zero attached hydrogens (tertiary/aromatic N) is 4. The Balaban J connectivity index is 1.36. The van der Waals surface area contributed by atoms with E-state index >= 15 is 0 Å². The fourth-order valence-corrected chi connectivity index (χ4v) is 3.69. The number of hydrogen-bond donors (Lipinski definition) is 0. The van der Waals surface area contributed by atoms with Crippen molar-refractivity contribution in [1.82, 2.24) is 14.9 Å². The minimum Gasteiger partial charge on any atom is -0.378 e. The smallest absolute Gasteiger partial charge is 0.378 e. The molecule has 2 aliphatic heterocycles. The average molecular weight is 420 g/mol. The van der Waals surface area contributed by atoms with Gasteiger partial charge in [-0.3, -0.25) is 4.79 Å². The van der Waals surface area contributed by atoms with Gasteiger partial charge in [0.05, 0.1) is 31.0 Å². The van der Waals surface area contributed by atoms with Crippen molar-refractivity contribution in [2.45, 2.75) is 32.0 Å². The topological polar surface area (TPSA) is 58.6 Å². The molecule has 2 aromatic rings. The molecule has 1 aromatic carbocycles. The number of morpholine rings is 1. The van der Waals surface area contributed by atoms with Gasteiger partial charge in [-0.15, -0.1) is 0 Å². The summed E-state index contributed by atoms with van der Waals surface area (Å²) < 4.78 is 43.4. The molecular weight excluding hydrogens is 397 g/mol. The summed E-state index contributed by atoms with van der Waals surface area (Å²) in [5.74, 6) is 0.642. The van der Waals surface area contributed by atoms with E-state index in [4.69, 9.17) is 4.74 Å². The molecule has 0 bridgehead atoms. The summed E-state index contributed by atoms with van der Waals surface area (Å²) in [7, 11) is 0. The summed E-state index contributed by atoms with van der Waals surface area (Å²) >= 11 is 0. The summed E-state index contributed by atoms with van der Waals surface area (Å²) in [4.78, 5) is 25.7. The van der Waals surface area contributed by atoms with Crippen molar-refractivity contribution in [3.05, 3.63) is 52.8 Å². The van der Waals surface area contributed by atoms with E-state index in [9.17, 15) is 18.0 Å². The van der Waals surface area contributed by atoms with Crippen molar-refractivity contribution < 1.29 is 22.7 Å². The van der Waals surface area contributed by atoms with Gasteiger partial charge >= 0.3 is 6.18 Å². The average Bonchev–Trinajstić information content (AvgIpc) is 2.77. The second kappa shape index (κ2) is 8.59. The zero-order chi connectivity index (χ0) is 21.1. The second-order valence-electron chi connectivity index (χ2n) is 7.50. The van der Waals surface area contributed by atoms with E-state index in [-0.39, 0.29) is 12.3 Å². The van der Waals surface area contributed by atoms with Crippen LogP contribution in [-0.4, -0.2) is 53.6 Å². The van der Waals surface area contributed by atoms with Crippen molar-refractivity contribution in [3.8, 4) is 0 Å². The largest absolute Gasteiger partial charge is 0.416 e. The first kappa shape index (κ1) is 20.6. The summed E-state index contributed by atoms with van der Waals surface area (Å²) in [5.41, 5.74) is 1.95. The quantitative estimate of drug-likeness (QED) is 0.762. The number of alkyl halides is 3. The molecule has 1 aromatic heterocycles. The highest BCUT2D eigenvalue weighted by Gasteiger charge is 2.30. The molecule has 4 rings (SSSR count). The molecule has 0 aliphatic carbocycles. The van der Waals surface area contributed by atoms with Crippen LogP contribution in [0.15, 0.2) is 30.5 Å². The van der Waals surface area contributed by atoms with Crippen LogP contribution in [0, 0.1) is 0 Å². The highest BCUT2D eigenvalue weighted by atomic mass is 19.4. The fraction of sp³-hybridized carbons (Fsp3) is 0.476. The number of amides is 1. The number of benzene rings is 1. The van der Waals surface area contributed by atoms with Gasteiger partial charge in [-0.2, -0.15) is 13.2 Å². The molecule has 1 fully saturated rings. The lowest BCUT2D eigenvalue weighted by Crippen LogP contribution is -2.39. The molecule has 9 heteroatoms. The lowest BCUT2D eigenvalue weighted by molar-refractivity contribution is -0.137. The van der Waals surface area contributed by atoms with Crippen molar-refractivity contribution in [1.29, 1.82) is 0 Å². The molecule has 0 saturated carbocycles. The first-order valence-electron chi connectivity index (χ1n) is 10.0. The van der Waals surface area contributed by atoms with Gasteiger partial charge in [0.1, 0.15) is 0 Å². The third-order valence-electron chi connectivity index (χ3n) is 5.49. The van der Waals surface area contributed by atoms with Crippen molar-refractivity contribution >= 4 is 11.9 Å². The molecule has 0 spiro atoms. The molecule has 30 heavy (non-hydrogen) atoms. The zero-order valence-electron chi connectivity index (χ0n) is 16.5. The monoisotopic (exact) mass is 420 g/mol. The molecule has 1 saturated heterocycles. The minimum absolute atomic E-state index is 0.0212. The van der Waals surface area contributed by atoms with Crippen LogP contribution in [0.2, 0.25) is 0 Å². The van der Waals surface area contributed by atoms with Gasteiger partial charge < -0.3 is 14.5 Å². The number of carbonyl (C=O) groups is 1. The molecule has 0 atom stereocenters. The van der Waals surface area contributed by atoms with E-state index in [1.165, 1.54) is 12.1 Å². The molecule has 3 heterocycles. The maximum atomic E-state index is 12.7. The van der Waals surface area contributed by atoms with Gasteiger partial charge in [-0.25, -0.2) is 9.97 Å². The van der Waals surface area contributed by atoms with Crippen LogP contribution < -0.4 is 4.90 Å². The Morgan fingerprint density at radius 1 is 1.10 bits per heavy atom. The van der Waals surface area contributed by atoms with Crippen LogP contribution in [0.5, 0.6) is 0 Å². The van der Waals surface area contributed by atoms with Gasteiger partial charge in [0, 0.05) is 32.3 Å². The van der Waals surface area contributed by atoms with Crippen LogP contribution in [0.4, 0.5) is 19.1 Å². The Bertz CT molecular complexity index is 896. The van der Waals surface area contributed by atoms with Crippen molar-refractivity contribution in [3.63, 3.8) is 0 Å². The van der Waals surface area contributed by atoms with Gasteiger partial charge in [0.25, 0.3) is 0 Å². The molecule has 6 nitrogen and oxygen atoms in total. The Morgan fingerprint density at radius 2 is 1.83 bits per heavy atom.